The number of rotatable bonds is 6. The van der Waals surface area contributed by atoms with Gasteiger partial charge >= 0.3 is 0 Å². The fourth-order valence-corrected chi connectivity index (χ4v) is 3.98. The number of furan rings is 1. The summed E-state index contributed by atoms with van der Waals surface area (Å²) in [5.41, 5.74) is 4.08. The fourth-order valence-electron chi connectivity index (χ4n) is 3.98. The van der Waals surface area contributed by atoms with Crippen LogP contribution in [0.5, 0.6) is 0 Å². The quantitative estimate of drug-likeness (QED) is 0.628. The van der Waals surface area contributed by atoms with E-state index in [1.165, 1.54) is 5.56 Å². The molecule has 1 atom stereocenters. The van der Waals surface area contributed by atoms with Crippen molar-refractivity contribution in [2.24, 2.45) is 0 Å². The third kappa shape index (κ3) is 3.62. The van der Waals surface area contributed by atoms with E-state index in [0.29, 0.717) is 19.1 Å². The van der Waals surface area contributed by atoms with Crippen molar-refractivity contribution in [2.45, 2.75) is 39.8 Å². The third-order valence-electron chi connectivity index (χ3n) is 5.49. The molecule has 1 aliphatic heterocycles. The van der Waals surface area contributed by atoms with Crippen molar-refractivity contribution in [3.63, 3.8) is 0 Å². The SMILES string of the molecule is Cc1cnn(C2CCN(CC(=O)c3cc(C)n(Cc4ccco4)c3C)C2)c1. The molecule has 0 bridgehead atoms. The second-order valence-corrected chi connectivity index (χ2v) is 7.55. The van der Waals surface area contributed by atoms with Gasteiger partial charge in [0, 0.05) is 36.2 Å². The van der Waals surface area contributed by atoms with E-state index in [4.69, 9.17) is 4.42 Å². The summed E-state index contributed by atoms with van der Waals surface area (Å²) in [4.78, 5) is 15.2. The molecule has 4 rings (SSSR count). The van der Waals surface area contributed by atoms with E-state index >= 15 is 0 Å². The molecule has 4 heterocycles. The van der Waals surface area contributed by atoms with E-state index in [0.717, 1.165) is 42.2 Å². The first-order chi connectivity index (χ1) is 13.0. The number of nitrogens with zero attached hydrogens (tertiary/aromatic N) is 4. The minimum absolute atomic E-state index is 0.186. The topological polar surface area (TPSA) is 56.2 Å². The predicted octanol–water partition coefficient (Wildman–Crippen LogP) is 3.38. The Kier molecular flexibility index (Phi) is 4.74. The van der Waals surface area contributed by atoms with Crippen LogP contribution in [0.25, 0.3) is 0 Å². The highest BCUT2D eigenvalue weighted by Crippen LogP contribution is 2.23. The van der Waals surface area contributed by atoms with E-state index in [2.05, 4.69) is 27.7 Å². The normalized spacial score (nSPS) is 17.7. The van der Waals surface area contributed by atoms with E-state index in [-0.39, 0.29) is 5.78 Å². The van der Waals surface area contributed by atoms with E-state index in [1.54, 1.807) is 6.26 Å². The van der Waals surface area contributed by atoms with Crippen LogP contribution < -0.4 is 0 Å². The van der Waals surface area contributed by atoms with Crippen molar-refractivity contribution in [3.8, 4) is 0 Å². The van der Waals surface area contributed by atoms with E-state index in [9.17, 15) is 4.79 Å². The Bertz CT molecular complexity index is 936. The average Bonchev–Trinajstić information content (AvgIpc) is 3.40. The van der Waals surface area contributed by atoms with Gasteiger partial charge in [0.25, 0.3) is 0 Å². The van der Waals surface area contributed by atoms with Crippen molar-refractivity contribution in [2.75, 3.05) is 19.6 Å². The van der Waals surface area contributed by atoms with Crippen LogP contribution in [-0.2, 0) is 6.54 Å². The van der Waals surface area contributed by atoms with Gasteiger partial charge in [-0.1, -0.05) is 0 Å². The first-order valence-electron chi connectivity index (χ1n) is 9.46. The Morgan fingerprint density at radius 3 is 2.89 bits per heavy atom. The van der Waals surface area contributed by atoms with E-state index in [1.807, 2.05) is 42.9 Å². The van der Waals surface area contributed by atoms with E-state index < -0.39 is 0 Å². The summed E-state index contributed by atoms with van der Waals surface area (Å²) in [7, 11) is 0. The molecule has 1 aliphatic rings. The molecule has 0 amide bonds. The van der Waals surface area contributed by atoms with Gasteiger partial charge < -0.3 is 8.98 Å². The largest absolute Gasteiger partial charge is 0.467 e. The molecule has 1 fully saturated rings. The molecule has 1 saturated heterocycles. The molecular formula is C21H26N4O2. The number of ketones is 1. The summed E-state index contributed by atoms with van der Waals surface area (Å²) in [5.74, 6) is 1.08. The van der Waals surface area contributed by atoms with Gasteiger partial charge in [-0.15, -0.1) is 0 Å². The molecule has 0 saturated carbocycles. The number of Topliss-reactive ketones (excluding diaryl/α,β-unsaturated/α-hetero) is 1. The van der Waals surface area contributed by atoms with Crippen LogP contribution in [0.3, 0.4) is 0 Å². The average molecular weight is 366 g/mol. The first-order valence-corrected chi connectivity index (χ1v) is 9.46. The minimum Gasteiger partial charge on any atom is -0.467 e. The summed E-state index contributed by atoms with van der Waals surface area (Å²) in [6.45, 7) is 9.03. The Morgan fingerprint density at radius 1 is 1.33 bits per heavy atom. The van der Waals surface area contributed by atoms with Gasteiger partial charge in [-0.3, -0.25) is 14.4 Å². The second-order valence-electron chi connectivity index (χ2n) is 7.55. The predicted molar refractivity (Wildman–Crippen MR) is 103 cm³/mol. The standard InChI is InChI=1S/C21H26N4O2/c1-15-10-22-25(11-15)18-6-7-23(12-18)14-21(26)20-9-16(2)24(17(20)3)13-19-5-4-8-27-19/h4-5,8-11,18H,6-7,12-14H2,1-3H3. The number of aryl methyl sites for hydroxylation is 2. The Balaban J connectivity index is 1.43. The molecule has 142 valence electrons. The fraction of sp³-hybridized carbons (Fsp3) is 0.429. The van der Waals surface area contributed by atoms with Crippen molar-refractivity contribution in [1.29, 1.82) is 0 Å². The molecule has 3 aromatic rings. The zero-order valence-corrected chi connectivity index (χ0v) is 16.2. The second kappa shape index (κ2) is 7.19. The number of carbonyl (C=O) groups excluding carboxylic acids is 1. The number of hydrogen-bond acceptors (Lipinski definition) is 4. The number of likely N-dealkylation sites (tertiary alicyclic amines) is 1. The van der Waals surface area contributed by atoms with Gasteiger partial charge in [0.05, 0.1) is 31.6 Å². The molecule has 3 aromatic heterocycles. The maximum absolute atomic E-state index is 12.9. The highest BCUT2D eigenvalue weighted by atomic mass is 16.3. The van der Waals surface area contributed by atoms with Crippen LogP contribution in [0, 0.1) is 20.8 Å². The first kappa shape index (κ1) is 17.8. The molecular weight excluding hydrogens is 340 g/mol. The van der Waals surface area contributed by atoms with Gasteiger partial charge in [-0.2, -0.15) is 5.10 Å². The van der Waals surface area contributed by atoms with Gasteiger partial charge in [0.15, 0.2) is 5.78 Å². The van der Waals surface area contributed by atoms with Crippen LogP contribution in [0.15, 0.2) is 41.3 Å². The molecule has 0 radical (unpaired) electrons. The molecule has 0 N–H and O–H groups in total. The molecule has 6 heteroatoms. The van der Waals surface area contributed by atoms with Crippen LogP contribution in [0.1, 0.15) is 45.5 Å². The van der Waals surface area contributed by atoms with Gasteiger partial charge in [-0.05, 0) is 51.0 Å². The van der Waals surface area contributed by atoms with Crippen molar-refractivity contribution < 1.29 is 9.21 Å². The molecule has 0 spiro atoms. The summed E-state index contributed by atoms with van der Waals surface area (Å²) < 4.78 is 9.64. The molecule has 27 heavy (non-hydrogen) atoms. The van der Waals surface area contributed by atoms with Crippen molar-refractivity contribution >= 4 is 5.78 Å². The Hall–Kier alpha value is -2.60. The minimum atomic E-state index is 0.186. The Labute approximate surface area is 159 Å². The lowest BCUT2D eigenvalue weighted by Crippen LogP contribution is -2.28. The summed E-state index contributed by atoms with van der Waals surface area (Å²) in [6.07, 6.45) is 6.69. The maximum Gasteiger partial charge on any atom is 0.178 e. The summed E-state index contributed by atoms with van der Waals surface area (Å²) in [6, 6.07) is 6.21. The highest BCUT2D eigenvalue weighted by Gasteiger charge is 2.27. The lowest BCUT2D eigenvalue weighted by atomic mass is 10.1. The number of aromatic nitrogens is 3. The Morgan fingerprint density at radius 2 is 2.19 bits per heavy atom. The van der Waals surface area contributed by atoms with Crippen LogP contribution in [-0.4, -0.2) is 44.7 Å². The van der Waals surface area contributed by atoms with Gasteiger partial charge in [0.1, 0.15) is 5.76 Å². The van der Waals surface area contributed by atoms with Gasteiger partial charge in [0.2, 0.25) is 0 Å². The molecule has 6 nitrogen and oxygen atoms in total. The monoisotopic (exact) mass is 366 g/mol. The lowest BCUT2D eigenvalue weighted by Gasteiger charge is -2.15. The van der Waals surface area contributed by atoms with Crippen LogP contribution in [0.4, 0.5) is 0 Å². The summed E-state index contributed by atoms with van der Waals surface area (Å²) in [5, 5.41) is 4.43. The number of hydrogen-bond donors (Lipinski definition) is 0. The maximum atomic E-state index is 12.9. The van der Waals surface area contributed by atoms with Crippen molar-refractivity contribution in [1.82, 2.24) is 19.2 Å². The third-order valence-corrected chi connectivity index (χ3v) is 5.49. The van der Waals surface area contributed by atoms with Crippen LogP contribution in [0.2, 0.25) is 0 Å². The summed E-state index contributed by atoms with van der Waals surface area (Å²) >= 11 is 0. The highest BCUT2D eigenvalue weighted by molar-refractivity contribution is 5.99. The lowest BCUT2D eigenvalue weighted by molar-refractivity contribution is 0.0942. The number of carbonyl (C=O) groups is 1. The van der Waals surface area contributed by atoms with Crippen LogP contribution >= 0.6 is 0 Å². The van der Waals surface area contributed by atoms with Gasteiger partial charge in [-0.25, -0.2) is 0 Å². The van der Waals surface area contributed by atoms with Crippen molar-refractivity contribution in [3.05, 3.63) is 65.1 Å². The zero-order valence-electron chi connectivity index (χ0n) is 16.2. The molecule has 1 unspecified atom stereocenters. The zero-order chi connectivity index (χ0) is 19.0. The molecule has 0 aromatic carbocycles. The smallest absolute Gasteiger partial charge is 0.178 e. The molecule has 0 aliphatic carbocycles.